The van der Waals surface area contributed by atoms with Crippen molar-refractivity contribution < 1.29 is 10.0 Å². The Morgan fingerprint density at radius 1 is 1.13 bits per heavy atom. The van der Waals surface area contributed by atoms with Crippen molar-refractivity contribution in [1.82, 2.24) is 15.0 Å². The summed E-state index contributed by atoms with van der Waals surface area (Å²) in [6, 6.07) is 14.7. The molecule has 3 aromatic rings. The Labute approximate surface area is 169 Å². The SMILES string of the molecule is O=c1[nH]c(=O)n(Cc2ccccc2)c(O)c1C1=NN[C@H](c2ccc([N+](=O)[O-])cc2)C1. The minimum atomic E-state index is -0.730. The number of nitro groups is 1. The number of non-ortho nitro benzene ring substituents is 1. The average molecular weight is 407 g/mol. The maximum absolute atomic E-state index is 12.4. The molecule has 1 aliphatic heterocycles. The summed E-state index contributed by atoms with van der Waals surface area (Å²) in [6.45, 7) is 0.0851. The van der Waals surface area contributed by atoms with Gasteiger partial charge in [-0.3, -0.25) is 24.5 Å². The van der Waals surface area contributed by atoms with Crippen LogP contribution in [0.3, 0.4) is 0 Å². The Kier molecular flexibility index (Phi) is 4.88. The number of hydrogen-bond donors (Lipinski definition) is 3. The van der Waals surface area contributed by atoms with E-state index in [-0.39, 0.29) is 30.3 Å². The number of hydrogen-bond acceptors (Lipinski definition) is 7. The van der Waals surface area contributed by atoms with Gasteiger partial charge in [-0.1, -0.05) is 42.5 Å². The molecular formula is C20H17N5O5. The van der Waals surface area contributed by atoms with Crippen LogP contribution >= 0.6 is 0 Å². The molecule has 1 aromatic heterocycles. The van der Waals surface area contributed by atoms with Gasteiger partial charge in [0.05, 0.1) is 23.2 Å². The topological polar surface area (TPSA) is 143 Å². The summed E-state index contributed by atoms with van der Waals surface area (Å²) in [5, 5.41) is 25.7. The normalized spacial score (nSPS) is 15.5. The number of nitrogens with one attached hydrogen (secondary N) is 2. The number of H-pyrrole nitrogens is 1. The van der Waals surface area contributed by atoms with Crippen LogP contribution in [-0.2, 0) is 6.54 Å². The highest BCUT2D eigenvalue weighted by molar-refractivity contribution is 6.03. The Bertz CT molecular complexity index is 1250. The Hall–Kier alpha value is -4.21. The number of hydrazone groups is 1. The highest BCUT2D eigenvalue weighted by Crippen LogP contribution is 2.27. The lowest BCUT2D eigenvalue weighted by atomic mass is 10.00. The van der Waals surface area contributed by atoms with E-state index in [1.54, 1.807) is 24.3 Å². The lowest BCUT2D eigenvalue weighted by Gasteiger charge is -2.12. The molecule has 10 nitrogen and oxygen atoms in total. The van der Waals surface area contributed by atoms with Crippen LogP contribution in [-0.4, -0.2) is 25.3 Å². The van der Waals surface area contributed by atoms with E-state index >= 15 is 0 Å². The number of rotatable bonds is 5. The molecule has 0 fully saturated rings. The smallest absolute Gasteiger partial charge is 0.331 e. The molecule has 30 heavy (non-hydrogen) atoms. The van der Waals surface area contributed by atoms with Crippen LogP contribution in [0.4, 0.5) is 5.69 Å². The van der Waals surface area contributed by atoms with E-state index in [1.165, 1.54) is 12.1 Å². The molecular weight excluding hydrogens is 390 g/mol. The number of nitro benzene ring substituents is 1. The van der Waals surface area contributed by atoms with E-state index in [1.807, 2.05) is 18.2 Å². The van der Waals surface area contributed by atoms with Crippen LogP contribution in [0.2, 0.25) is 0 Å². The fourth-order valence-corrected chi connectivity index (χ4v) is 3.35. The maximum atomic E-state index is 12.4. The molecule has 2 heterocycles. The number of aromatic hydroxyl groups is 1. The van der Waals surface area contributed by atoms with Gasteiger partial charge in [-0.2, -0.15) is 5.10 Å². The number of nitrogens with zero attached hydrogens (tertiary/aromatic N) is 3. The van der Waals surface area contributed by atoms with E-state index in [0.29, 0.717) is 5.71 Å². The van der Waals surface area contributed by atoms with Gasteiger partial charge in [0.2, 0.25) is 5.88 Å². The van der Waals surface area contributed by atoms with Crippen molar-refractivity contribution in [2.24, 2.45) is 5.10 Å². The quantitative estimate of drug-likeness (QED) is 0.433. The summed E-state index contributed by atoms with van der Waals surface area (Å²) >= 11 is 0. The van der Waals surface area contributed by atoms with E-state index in [9.17, 15) is 24.8 Å². The Morgan fingerprint density at radius 3 is 2.50 bits per heavy atom. The van der Waals surface area contributed by atoms with Crippen molar-refractivity contribution in [2.45, 2.75) is 19.0 Å². The van der Waals surface area contributed by atoms with Gasteiger partial charge in [0.1, 0.15) is 5.56 Å². The third kappa shape index (κ3) is 3.58. The standard InChI is InChI=1S/C20H17N5O5/c26-18-17(19(27)24(20(28)21-18)11-12-4-2-1-3-5-12)16-10-15(22-23-16)13-6-8-14(9-7-13)25(29)30/h1-9,15,22,27H,10-11H2,(H,21,26,28)/t15-/m0/s1. The minimum absolute atomic E-state index is 0.0278. The number of benzene rings is 2. The molecule has 1 aliphatic rings. The fraction of sp³-hybridized carbons (Fsp3) is 0.150. The molecule has 4 rings (SSSR count). The monoisotopic (exact) mass is 407 g/mol. The molecule has 0 saturated heterocycles. The van der Waals surface area contributed by atoms with Crippen molar-refractivity contribution in [2.75, 3.05) is 0 Å². The molecule has 152 valence electrons. The largest absolute Gasteiger partial charge is 0.494 e. The van der Waals surface area contributed by atoms with Gasteiger partial charge >= 0.3 is 5.69 Å². The summed E-state index contributed by atoms with van der Waals surface area (Å²) < 4.78 is 1.08. The summed E-state index contributed by atoms with van der Waals surface area (Å²) in [6.07, 6.45) is 0.262. The lowest BCUT2D eigenvalue weighted by Crippen LogP contribution is -2.34. The first-order valence-corrected chi connectivity index (χ1v) is 9.11. The van der Waals surface area contributed by atoms with Crippen LogP contribution in [0.1, 0.15) is 29.2 Å². The predicted octanol–water partition coefficient (Wildman–Crippen LogP) is 1.64. The van der Waals surface area contributed by atoms with Crippen LogP contribution < -0.4 is 16.7 Å². The van der Waals surface area contributed by atoms with Gasteiger partial charge in [0, 0.05) is 18.6 Å². The highest BCUT2D eigenvalue weighted by Gasteiger charge is 2.27. The van der Waals surface area contributed by atoms with Crippen LogP contribution in [0.25, 0.3) is 0 Å². The van der Waals surface area contributed by atoms with Gasteiger partial charge in [-0.25, -0.2) is 4.79 Å². The van der Waals surface area contributed by atoms with Crippen molar-refractivity contribution in [3.05, 3.63) is 102 Å². The molecule has 0 unspecified atom stereocenters. The van der Waals surface area contributed by atoms with Crippen molar-refractivity contribution in [3.8, 4) is 5.88 Å². The summed E-state index contributed by atoms with van der Waals surface area (Å²) in [5.41, 5.74) is 3.13. The zero-order valence-corrected chi connectivity index (χ0v) is 15.6. The zero-order valence-electron chi connectivity index (χ0n) is 15.6. The van der Waals surface area contributed by atoms with Crippen molar-refractivity contribution in [3.63, 3.8) is 0 Å². The van der Waals surface area contributed by atoms with Crippen molar-refractivity contribution >= 4 is 11.4 Å². The fourth-order valence-electron chi connectivity index (χ4n) is 3.35. The third-order valence-electron chi connectivity index (χ3n) is 4.90. The predicted molar refractivity (Wildman–Crippen MR) is 109 cm³/mol. The third-order valence-corrected chi connectivity index (χ3v) is 4.90. The van der Waals surface area contributed by atoms with Gasteiger partial charge in [-0.05, 0) is 11.1 Å². The average Bonchev–Trinajstić information content (AvgIpc) is 3.21. The van der Waals surface area contributed by atoms with Gasteiger partial charge in [0.25, 0.3) is 11.2 Å². The Morgan fingerprint density at radius 2 is 1.83 bits per heavy atom. The van der Waals surface area contributed by atoms with Crippen molar-refractivity contribution in [1.29, 1.82) is 0 Å². The second kappa shape index (κ2) is 7.66. The summed E-state index contributed by atoms with van der Waals surface area (Å²) in [7, 11) is 0. The molecule has 0 radical (unpaired) electrons. The second-order valence-corrected chi connectivity index (χ2v) is 6.82. The molecule has 0 spiro atoms. The minimum Gasteiger partial charge on any atom is -0.494 e. The molecule has 2 aromatic carbocycles. The zero-order chi connectivity index (χ0) is 21.3. The van der Waals surface area contributed by atoms with E-state index in [4.69, 9.17) is 0 Å². The van der Waals surface area contributed by atoms with Crippen LogP contribution in [0.15, 0.2) is 69.3 Å². The van der Waals surface area contributed by atoms with E-state index in [2.05, 4.69) is 15.5 Å². The summed E-state index contributed by atoms with van der Waals surface area (Å²) in [5.74, 6) is -0.461. The van der Waals surface area contributed by atoms with Gasteiger partial charge < -0.3 is 10.5 Å². The first-order chi connectivity index (χ1) is 14.4. The molecule has 3 N–H and O–H groups in total. The lowest BCUT2D eigenvalue weighted by molar-refractivity contribution is -0.384. The van der Waals surface area contributed by atoms with E-state index in [0.717, 1.165) is 15.7 Å². The molecule has 0 aliphatic carbocycles. The highest BCUT2D eigenvalue weighted by atomic mass is 16.6. The molecule has 1 atom stereocenters. The first kappa shape index (κ1) is 19.1. The summed E-state index contributed by atoms with van der Waals surface area (Å²) in [4.78, 5) is 37.2. The molecule has 0 bridgehead atoms. The first-order valence-electron chi connectivity index (χ1n) is 9.11. The molecule has 0 amide bonds. The van der Waals surface area contributed by atoms with Gasteiger partial charge in [-0.15, -0.1) is 0 Å². The van der Waals surface area contributed by atoms with Crippen LogP contribution in [0.5, 0.6) is 5.88 Å². The van der Waals surface area contributed by atoms with Gasteiger partial charge in [0.15, 0.2) is 0 Å². The number of aromatic amines is 1. The second-order valence-electron chi connectivity index (χ2n) is 6.82. The number of aromatic nitrogens is 2. The van der Waals surface area contributed by atoms with E-state index < -0.39 is 22.1 Å². The molecule has 0 saturated carbocycles. The Balaban J connectivity index is 1.63. The maximum Gasteiger partial charge on any atom is 0.331 e. The molecule has 10 heteroatoms. The van der Waals surface area contributed by atoms with Crippen LogP contribution in [0, 0.1) is 10.1 Å².